The highest BCUT2D eigenvalue weighted by Gasteiger charge is 2.14. The van der Waals surface area contributed by atoms with Gasteiger partial charge in [-0.2, -0.15) is 0 Å². The third kappa shape index (κ3) is 1.43. The first-order chi connectivity index (χ1) is 6.63. The predicted molar refractivity (Wildman–Crippen MR) is 56.8 cm³/mol. The zero-order chi connectivity index (χ0) is 10.3. The Bertz CT molecular complexity index is 497. The Morgan fingerprint density at radius 3 is 2.86 bits per heavy atom. The van der Waals surface area contributed by atoms with Gasteiger partial charge in [0, 0.05) is 0 Å². The van der Waals surface area contributed by atoms with Crippen molar-refractivity contribution in [3.63, 3.8) is 0 Å². The summed E-state index contributed by atoms with van der Waals surface area (Å²) in [4.78, 5) is 0. The number of nitrogens with two attached hydrogens (primary N) is 1. The highest BCUT2D eigenvalue weighted by molar-refractivity contribution is 9.10. The molecule has 1 aromatic heterocycles. The Balaban J connectivity index is 2.84. The molecule has 0 saturated heterocycles. The van der Waals surface area contributed by atoms with Gasteiger partial charge in [0.1, 0.15) is 11.6 Å². The van der Waals surface area contributed by atoms with Crippen LogP contribution in [-0.2, 0) is 6.54 Å². The summed E-state index contributed by atoms with van der Waals surface area (Å²) >= 11 is 8.94. The molecule has 14 heavy (non-hydrogen) atoms. The molecule has 5 heteroatoms. The zero-order valence-corrected chi connectivity index (χ0v) is 9.32. The van der Waals surface area contributed by atoms with Crippen LogP contribution in [-0.4, -0.2) is 0 Å². The highest BCUT2D eigenvalue weighted by atomic mass is 79.9. The van der Waals surface area contributed by atoms with Gasteiger partial charge in [0.25, 0.3) is 0 Å². The van der Waals surface area contributed by atoms with Crippen LogP contribution in [0.25, 0.3) is 11.0 Å². The second-order valence-electron chi connectivity index (χ2n) is 2.81. The number of benzene rings is 1. The Labute approximate surface area is 92.9 Å². The van der Waals surface area contributed by atoms with Gasteiger partial charge in [-0.3, -0.25) is 0 Å². The first-order valence-corrected chi connectivity index (χ1v) is 5.06. The van der Waals surface area contributed by atoms with Crippen molar-refractivity contribution in [1.82, 2.24) is 0 Å². The van der Waals surface area contributed by atoms with Crippen molar-refractivity contribution in [2.24, 2.45) is 5.73 Å². The van der Waals surface area contributed by atoms with Gasteiger partial charge in [-0.1, -0.05) is 11.6 Å². The quantitative estimate of drug-likeness (QED) is 0.812. The molecule has 1 aromatic carbocycles. The van der Waals surface area contributed by atoms with Gasteiger partial charge in [-0.05, 0) is 28.1 Å². The van der Waals surface area contributed by atoms with Gasteiger partial charge in [0.05, 0.1) is 21.4 Å². The number of fused-ring (bicyclic) bond motifs is 1. The van der Waals surface area contributed by atoms with Crippen molar-refractivity contribution in [2.45, 2.75) is 6.54 Å². The summed E-state index contributed by atoms with van der Waals surface area (Å²) in [5.41, 5.74) is 5.72. The van der Waals surface area contributed by atoms with E-state index in [1.165, 1.54) is 6.07 Å². The van der Waals surface area contributed by atoms with E-state index in [0.717, 1.165) is 0 Å². The van der Waals surface area contributed by atoms with Crippen LogP contribution in [0.3, 0.4) is 0 Å². The second-order valence-corrected chi connectivity index (χ2v) is 4.08. The molecule has 0 atom stereocenters. The fourth-order valence-corrected chi connectivity index (χ4v) is 2.08. The predicted octanol–water partition coefficient (Wildman–Crippen LogP) is 3.45. The van der Waals surface area contributed by atoms with Crippen molar-refractivity contribution >= 4 is 38.5 Å². The van der Waals surface area contributed by atoms with Crippen molar-refractivity contribution in [3.05, 3.63) is 33.2 Å². The molecule has 0 unspecified atom stereocenters. The summed E-state index contributed by atoms with van der Waals surface area (Å²) in [6, 6.07) is 3.02. The van der Waals surface area contributed by atoms with E-state index >= 15 is 0 Å². The molecule has 2 rings (SSSR count). The van der Waals surface area contributed by atoms with E-state index < -0.39 is 0 Å². The topological polar surface area (TPSA) is 39.2 Å². The van der Waals surface area contributed by atoms with Crippen LogP contribution in [0.5, 0.6) is 0 Å². The molecule has 0 aliphatic heterocycles. The fraction of sp³-hybridized carbons (Fsp3) is 0.111. The van der Waals surface area contributed by atoms with Gasteiger partial charge in [-0.25, -0.2) is 4.39 Å². The van der Waals surface area contributed by atoms with E-state index in [4.69, 9.17) is 21.8 Å². The fourth-order valence-electron chi connectivity index (χ4n) is 1.25. The molecule has 0 aliphatic rings. The number of rotatable bonds is 1. The molecule has 2 N–H and O–H groups in total. The molecule has 74 valence electrons. The Hall–Kier alpha value is -0.580. The van der Waals surface area contributed by atoms with Gasteiger partial charge in [0.15, 0.2) is 5.58 Å². The lowest BCUT2D eigenvalue weighted by atomic mass is 10.2. The third-order valence-electron chi connectivity index (χ3n) is 1.90. The van der Waals surface area contributed by atoms with E-state index in [1.54, 1.807) is 6.07 Å². The molecule has 0 spiro atoms. The van der Waals surface area contributed by atoms with Gasteiger partial charge in [-0.15, -0.1) is 0 Å². The Kier molecular flexibility index (Phi) is 2.51. The average Bonchev–Trinajstić information content (AvgIpc) is 2.58. The van der Waals surface area contributed by atoms with Crippen LogP contribution < -0.4 is 5.73 Å². The molecular weight excluding hydrogens is 272 g/mol. The van der Waals surface area contributed by atoms with Gasteiger partial charge in [0.2, 0.25) is 0 Å². The molecular formula is C9H6BrClFNO. The number of hydrogen-bond donors (Lipinski definition) is 1. The van der Waals surface area contributed by atoms with Crippen molar-refractivity contribution < 1.29 is 8.81 Å². The van der Waals surface area contributed by atoms with Crippen LogP contribution in [0.1, 0.15) is 5.76 Å². The minimum Gasteiger partial charge on any atom is -0.458 e. The normalized spacial score (nSPS) is 11.1. The van der Waals surface area contributed by atoms with Crippen molar-refractivity contribution in [1.29, 1.82) is 0 Å². The average molecular weight is 279 g/mol. The Morgan fingerprint density at radius 2 is 2.21 bits per heavy atom. The molecule has 0 bridgehead atoms. The zero-order valence-electron chi connectivity index (χ0n) is 6.98. The molecule has 0 radical (unpaired) electrons. The van der Waals surface area contributed by atoms with Crippen molar-refractivity contribution in [3.8, 4) is 0 Å². The van der Waals surface area contributed by atoms with Crippen molar-refractivity contribution in [2.75, 3.05) is 0 Å². The first kappa shape index (κ1) is 9.96. The van der Waals surface area contributed by atoms with Crippen LogP contribution in [0.2, 0.25) is 5.02 Å². The maximum absolute atomic E-state index is 13.5. The van der Waals surface area contributed by atoms with Crippen LogP contribution in [0.4, 0.5) is 4.39 Å². The SMILES string of the molecule is NCc1cc2c(F)c(Br)cc(Cl)c2o1. The molecule has 2 aromatic rings. The standard InChI is InChI=1S/C9H6BrClFNO/c10-6-2-7(11)9-5(8(6)12)1-4(3-13)14-9/h1-2H,3,13H2. The summed E-state index contributed by atoms with van der Waals surface area (Å²) in [7, 11) is 0. The monoisotopic (exact) mass is 277 g/mol. The van der Waals surface area contributed by atoms with Crippen LogP contribution >= 0.6 is 27.5 Å². The van der Waals surface area contributed by atoms with Gasteiger partial charge >= 0.3 is 0 Å². The summed E-state index contributed by atoms with van der Waals surface area (Å²) in [5, 5.41) is 0.720. The third-order valence-corrected chi connectivity index (χ3v) is 2.76. The van der Waals surface area contributed by atoms with Gasteiger partial charge < -0.3 is 10.2 Å². The van der Waals surface area contributed by atoms with Crippen LogP contribution in [0, 0.1) is 5.82 Å². The lowest BCUT2D eigenvalue weighted by molar-refractivity contribution is 0.551. The Morgan fingerprint density at radius 1 is 1.50 bits per heavy atom. The molecule has 0 aliphatic carbocycles. The number of furan rings is 1. The summed E-state index contributed by atoms with van der Waals surface area (Å²) < 4.78 is 19.1. The molecule has 1 heterocycles. The summed E-state index contributed by atoms with van der Waals surface area (Å²) in [6.45, 7) is 0.224. The lowest BCUT2D eigenvalue weighted by Crippen LogP contribution is -1.92. The number of hydrogen-bond acceptors (Lipinski definition) is 2. The first-order valence-electron chi connectivity index (χ1n) is 3.89. The summed E-state index contributed by atoms with van der Waals surface area (Å²) in [5.74, 6) is 0.131. The van der Waals surface area contributed by atoms with E-state index in [2.05, 4.69) is 15.9 Å². The van der Waals surface area contributed by atoms with E-state index in [0.29, 0.717) is 26.2 Å². The highest BCUT2D eigenvalue weighted by Crippen LogP contribution is 2.33. The maximum atomic E-state index is 13.5. The maximum Gasteiger partial charge on any atom is 0.155 e. The lowest BCUT2D eigenvalue weighted by Gasteiger charge is -1.96. The van der Waals surface area contributed by atoms with E-state index in [-0.39, 0.29) is 12.4 Å². The largest absolute Gasteiger partial charge is 0.458 e. The smallest absolute Gasteiger partial charge is 0.155 e. The molecule has 0 fully saturated rings. The van der Waals surface area contributed by atoms with E-state index in [1.807, 2.05) is 0 Å². The second kappa shape index (κ2) is 3.53. The molecule has 2 nitrogen and oxygen atoms in total. The summed E-state index contributed by atoms with van der Waals surface area (Å²) in [6.07, 6.45) is 0. The number of halogens is 3. The minimum atomic E-state index is -0.382. The van der Waals surface area contributed by atoms with E-state index in [9.17, 15) is 4.39 Å². The molecule has 0 amide bonds. The minimum absolute atomic E-state index is 0.224. The molecule has 0 saturated carbocycles. The van der Waals surface area contributed by atoms with Crippen LogP contribution in [0.15, 0.2) is 21.0 Å².